The summed E-state index contributed by atoms with van der Waals surface area (Å²) in [5.41, 5.74) is 2.61. The van der Waals surface area contributed by atoms with E-state index >= 15 is 0 Å². The number of rotatable bonds is 5. The molecule has 0 amide bonds. The maximum Gasteiger partial charge on any atom is 0.131 e. The highest BCUT2D eigenvalue weighted by Crippen LogP contribution is 2.10. The lowest BCUT2D eigenvalue weighted by Crippen LogP contribution is -2.03. The van der Waals surface area contributed by atoms with Crippen molar-refractivity contribution in [2.45, 2.75) is 19.9 Å². The molecule has 0 aliphatic heterocycles. The largest absolute Gasteiger partial charge is 0.373 e. The first-order chi connectivity index (χ1) is 8.81. The molecule has 4 heteroatoms. The third kappa shape index (κ3) is 3.20. The lowest BCUT2D eigenvalue weighted by Gasteiger charge is -2.07. The van der Waals surface area contributed by atoms with Gasteiger partial charge in [-0.15, -0.1) is 0 Å². The molecule has 0 aliphatic carbocycles. The molecule has 1 aromatic heterocycles. The van der Waals surface area contributed by atoms with Crippen LogP contribution in [0.2, 0.25) is 0 Å². The van der Waals surface area contributed by atoms with Gasteiger partial charge in [0.1, 0.15) is 18.0 Å². The third-order valence-electron chi connectivity index (χ3n) is 2.83. The quantitative estimate of drug-likeness (QED) is 0.846. The van der Waals surface area contributed by atoms with Crippen LogP contribution in [0.4, 0.5) is 11.6 Å². The van der Waals surface area contributed by atoms with Crippen molar-refractivity contribution in [2.24, 2.45) is 0 Å². The summed E-state index contributed by atoms with van der Waals surface area (Å²) in [7, 11) is 1.84. The number of nitrogens with one attached hydrogen (secondary N) is 2. The molecule has 0 aliphatic rings. The molecule has 0 spiro atoms. The lowest BCUT2D eigenvalue weighted by atomic mass is 10.1. The number of hydrogen-bond donors (Lipinski definition) is 2. The first-order valence-corrected chi connectivity index (χ1v) is 6.13. The van der Waals surface area contributed by atoms with E-state index in [1.54, 1.807) is 6.33 Å². The summed E-state index contributed by atoms with van der Waals surface area (Å²) in [6.07, 6.45) is 2.62. The van der Waals surface area contributed by atoms with E-state index < -0.39 is 0 Å². The van der Waals surface area contributed by atoms with Gasteiger partial charge in [-0.2, -0.15) is 0 Å². The van der Waals surface area contributed by atoms with Crippen molar-refractivity contribution in [3.63, 3.8) is 0 Å². The Labute approximate surface area is 107 Å². The van der Waals surface area contributed by atoms with Crippen LogP contribution in [0.25, 0.3) is 0 Å². The molecule has 2 rings (SSSR count). The van der Waals surface area contributed by atoms with Crippen LogP contribution in [0.1, 0.15) is 18.1 Å². The smallest absolute Gasteiger partial charge is 0.131 e. The molecule has 18 heavy (non-hydrogen) atoms. The molecule has 1 aromatic carbocycles. The van der Waals surface area contributed by atoms with Crippen molar-refractivity contribution in [3.05, 3.63) is 47.8 Å². The number of benzene rings is 1. The fraction of sp³-hybridized carbons (Fsp3) is 0.286. The van der Waals surface area contributed by atoms with Crippen LogP contribution in [0.15, 0.2) is 36.7 Å². The molecule has 0 bridgehead atoms. The minimum absolute atomic E-state index is 0.768. The Bertz CT molecular complexity index is 493. The average Bonchev–Trinajstić information content (AvgIpc) is 2.46. The van der Waals surface area contributed by atoms with Crippen molar-refractivity contribution in [2.75, 3.05) is 17.7 Å². The summed E-state index contributed by atoms with van der Waals surface area (Å²) in [5, 5.41) is 6.27. The first-order valence-electron chi connectivity index (χ1n) is 6.13. The van der Waals surface area contributed by atoms with Crippen LogP contribution in [-0.4, -0.2) is 17.0 Å². The molecule has 0 atom stereocenters. The topological polar surface area (TPSA) is 49.8 Å². The number of aromatic nitrogens is 2. The lowest BCUT2D eigenvalue weighted by molar-refractivity contribution is 1.07. The van der Waals surface area contributed by atoms with E-state index in [9.17, 15) is 0 Å². The SMILES string of the molecule is CCc1ccc(CNc2cc(NC)ncn2)cc1. The van der Waals surface area contributed by atoms with Crippen molar-refractivity contribution in [1.82, 2.24) is 9.97 Å². The molecule has 0 radical (unpaired) electrons. The summed E-state index contributed by atoms with van der Waals surface area (Å²) in [6, 6.07) is 10.5. The molecule has 2 aromatic rings. The summed E-state index contributed by atoms with van der Waals surface area (Å²) in [6.45, 7) is 2.93. The van der Waals surface area contributed by atoms with E-state index in [1.165, 1.54) is 11.1 Å². The summed E-state index contributed by atoms with van der Waals surface area (Å²) < 4.78 is 0. The number of aryl methyl sites for hydroxylation is 1. The first kappa shape index (κ1) is 12.4. The second-order valence-corrected chi connectivity index (χ2v) is 4.06. The normalized spacial score (nSPS) is 10.1. The van der Waals surface area contributed by atoms with Crippen molar-refractivity contribution >= 4 is 11.6 Å². The molecule has 4 nitrogen and oxygen atoms in total. The maximum absolute atomic E-state index is 4.17. The third-order valence-corrected chi connectivity index (χ3v) is 2.83. The Hall–Kier alpha value is -2.10. The van der Waals surface area contributed by atoms with Gasteiger partial charge < -0.3 is 10.6 Å². The van der Waals surface area contributed by atoms with Gasteiger partial charge in [0.05, 0.1) is 0 Å². The maximum atomic E-state index is 4.17. The zero-order chi connectivity index (χ0) is 12.8. The fourth-order valence-corrected chi connectivity index (χ4v) is 1.68. The van der Waals surface area contributed by atoms with E-state index in [4.69, 9.17) is 0 Å². The van der Waals surface area contributed by atoms with E-state index in [0.717, 1.165) is 24.6 Å². The van der Waals surface area contributed by atoms with Crippen molar-refractivity contribution in [1.29, 1.82) is 0 Å². The predicted octanol–water partition coefficient (Wildman–Crippen LogP) is 2.69. The molecular weight excluding hydrogens is 224 g/mol. The van der Waals surface area contributed by atoms with Crippen LogP contribution in [0.3, 0.4) is 0 Å². The monoisotopic (exact) mass is 242 g/mol. The van der Waals surface area contributed by atoms with E-state index in [2.05, 4.69) is 51.8 Å². The molecule has 94 valence electrons. The van der Waals surface area contributed by atoms with Gasteiger partial charge in [0.2, 0.25) is 0 Å². The minimum Gasteiger partial charge on any atom is -0.373 e. The zero-order valence-corrected chi connectivity index (χ0v) is 10.8. The summed E-state index contributed by atoms with van der Waals surface area (Å²) in [4.78, 5) is 8.25. The van der Waals surface area contributed by atoms with Crippen LogP contribution in [0.5, 0.6) is 0 Å². The molecule has 2 N–H and O–H groups in total. The molecule has 0 saturated carbocycles. The number of hydrogen-bond acceptors (Lipinski definition) is 4. The van der Waals surface area contributed by atoms with Gasteiger partial charge in [-0.25, -0.2) is 9.97 Å². The number of anilines is 2. The number of nitrogens with zero attached hydrogens (tertiary/aromatic N) is 2. The van der Waals surface area contributed by atoms with Gasteiger partial charge in [-0.1, -0.05) is 31.2 Å². The second kappa shape index (κ2) is 6.00. The van der Waals surface area contributed by atoms with Crippen molar-refractivity contribution < 1.29 is 0 Å². The average molecular weight is 242 g/mol. The molecule has 0 unspecified atom stereocenters. The van der Waals surface area contributed by atoms with Crippen LogP contribution < -0.4 is 10.6 Å². The Kier molecular flexibility index (Phi) is 4.12. The highest BCUT2D eigenvalue weighted by atomic mass is 15.0. The van der Waals surface area contributed by atoms with Crippen LogP contribution >= 0.6 is 0 Å². The summed E-state index contributed by atoms with van der Waals surface area (Å²) >= 11 is 0. The molecule has 0 saturated heterocycles. The van der Waals surface area contributed by atoms with E-state index in [0.29, 0.717) is 0 Å². The zero-order valence-electron chi connectivity index (χ0n) is 10.8. The fourth-order valence-electron chi connectivity index (χ4n) is 1.68. The highest BCUT2D eigenvalue weighted by Gasteiger charge is 1.97. The standard InChI is InChI=1S/C14H18N4/c1-3-11-4-6-12(7-5-11)9-16-14-8-13(15-2)17-10-18-14/h4-8,10H,3,9H2,1-2H3,(H2,15,16,17,18). The Morgan fingerprint density at radius 2 is 1.67 bits per heavy atom. The van der Waals surface area contributed by atoms with Gasteiger partial charge in [-0.05, 0) is 17.5 Å². The van der Waals surface area contributed by atoms with Gasteiger partial charge >= 0.3 is 0 Å². The molecule has 1 heterocycles. The Morgan fingerprint density at radius 3 is 2.33 bits per heavy atom. The van der Waals surface area contributed by atoms with Gasteiger partial charge in [-0.3, -0.25) is 0 Å². The molecule has 0 fully saturated rings. The van der Waals surface area contributed by atoms with Crippen LogP contribution in [-0.2, 0) is 13.0 Å². The predicted molar refractivity (Wildman–Crippen MR) is 74.7 cm³/mol. The Balaban J connectivity index is 1.97. The van der Waals surface area contributed by atoms with Gasteiger partial charge in [0.15, 0.2) is 0 Å². The van der Waals surface area contributed by atoms with E-state index in [1.807, 2.05) is 13.1 Å². The highest BCUT2D eigenvalue weighted by molar-refractivity contribution is 5.46. The Morgan fingerprint density at radius 1 is 1.00 bits per heavy atom. The summed E-state index contributed by atoms with van der Waals surface area (Å²) in [5.74, 6) is 1.64. The minimum atomic E-state index is 0.768. The van der Waals surface area contributed by atoms with Crippen LogP contribution in [0, 0.1) is 0 Å². The molecular formula is C14H18N4. The van der Waals surface area contributed by atoms with E-state index in [-0.39, 0.29) is 0 Å². The van der Waals surface area contributed by atoms with Gasteiger partial charge in [0, 0.05) is 19.7 Å². The van der Waals surface area contributed by atoms with Crippen molar-refractivity contribution in [3.8, 4) is 0 Å². The van der Waals surface area contributed by atoms with Gasteiger partial charge in [0.25, 0.3) is 0 Å². The second-order valence-electron chi connectivity index (χ2n) is 4.06.